The fourth-order valence-corrected chi connectivity index (χ4v) is 2.03. The number of carbonyl (C=O) groups is 2. The first-order chi connectivity index (χ1) is 8.37. The van der Waals surface area contributed by atoms with Crippen LogP contribution in [-0.2, 0) is 9.53 Å². The molecule has 0 atom stereocenters. The van der Waals surface area contributed by atoms with Crippen molar-refractivity contribution >= 4 is 12.0 Å². The molecule has 2 rings (SSSR count). The van der Waals surface area contributed by atoms with Gasteiger partial charge in [-0.3, -0.25) is 10.2 Å². The standard InChI is InChI=1S/C12H19N3O3/c1-12(2,3)18-11(17)15-9-7-13-5-4-8(9)6-10(16)14-15/h13H,4-7H2,1-3H3,(H,14,16). The van der Waals surface area contributed by atoms with Crippen LogP contribution in [0.2, 0.25) is 0 Å². The number of hydrogen-bond donors (Lipinski definition) is 2. The van der Waals surface area contributed by atoms with E-state index in [-0.39, 0.29) is 5.91 Å². The topological polar surface area (TPSA) is 70.7 Å². The average molecular weight is 253 g/mol. The molecular weight excluding hydrogens is 234 g/mol. The van der Waals surface area contributed by atoms with Crippen molar-refractivity contribution < 1.29 is 14.3 Å². The van der Waals surface area contributed by atoms with Gasteiger partial charge in [-0.25, -0.2) is 4.79 Å². The summed E-state index contributed by atoms with van der Waals surface area (Å²) in [5.41, 5.74) is 3.81. The molecule has 2 heterocycles. The number of rotatable bonds is 0. The Bertz CT molecular complexity index is 409. The summed E-state index contributed by atoms with van der Waals surface area (Å²) in [6.07, 6.45) is 0.630. The molecular formula is C12H19N3O3. The predicted octanol–water partition coefficient (Wildman–Crippen LogP) is 0.906. The molecule has 0 aromatic carbocycles. The molecule has 0 aromatic rings. The highest BCUT2D eigenvalue weighted by Crippen LogP contribution is 2.24. The first-order valence-electron chi connectivity index (χ1n) is 6.11. The van der Waals surface area contributed by atoms with Gasteiger partial charge in [-0.1, -0.05) is 0 Å². The molecule has 0 spiro atoms. The predicted molar refractivity (Wildman–Crippen MR) is 65.3 cm³/mol. The van der Waals surface area contributed by atoms with Crippen molar-refractivity contribution in [1.82, 2.24) is 15.8 Å². The summed E-state index contributed by atoms with van der Waals surface area (Å²) in [6.45, 7) is 6.81. The lowest BCUT2D eigenvalue weighted by Crippen LogP contribution is -2.53. The number of hydrazine groups is 1. The van der Waals surface area contributed by atoms with Crippen LogP contribution in [0.15, 0.2) is 11.3 Å². The molecule has 2 aliphatic rings. The van der Waals surface area contributed by atoms with Gasteiger partial charge in [-0.2, -0.15) is 5.01 Å². The lowest BCUT2D eigenvalue weighted by atomic mass is 10.0. The van der Waals surface area contributed by atoms with Crippen molar-refractivity contribution in [2.24, 2.45) is 0 Å². The van der Waals surface area contributed by atoms with Crippen molar-refractivity contribution in [3.63, 3.8) is 0 Å². The number of ether oxygens (including phenoxy) is 1. The summed E-state index contributed by atoms with van der Waals surface area (Å²) < 4.78 is 5.28. The van der Waals surface area contributed by atoms with Crippen molar-refractivity contribution in [2.75, 3.05) is 13.1 Å². The van der Waals surface area contributed by atoms with Gasteiger partial charge in [0.25, 0.3) is 0 Å². The molecule has 6 nitrogen and oxygen atoms in total. The van der Waals surface area contributed by atoms with Crippen LogP contribution in [0.3, 0.4) is 0 Å². The Balaban J connectivity index is 2.20. The van der Waals surface area contributed by atoms with E-state index in [1.165, 1.54) is 5.01 Å². The molecule has 2 N–H and O–H groups in total. The van der Waals surface area contributed by atoms with Crippen molar-refractivity contribution in [3.05, 3.63) is 11.3 Å². The molecule has 2 amide bonds. The Labute approximate surface area is 106 Å². The van der Waals surface area contributed by atoms with Gasteiger partial charge >= 0.3 is 6.09 Å². The lowest BCUT2D eigenvalue weighted by Gasteiger charge is -2.35. The lowest BCUT2D eigenvalue weighted by molar-refractivity contribution is -0.125. The van der Waals surface area contributed by atoms with Gasteiger partial charge < -0.3 is 10.1 Å². The quantitative estimate of drug-likeness (QED) is 0.673. The van der Waals surface area contributed by atoms with Crippen LogP contribution in [0.1, 0.15) is 33.6 Å². The molecule has 100 valence electrons. The zero-order chi connectivity index (χ0) is 13.3. The molecule has 0 fully saturated rings. The van der Waals surface area contributed by atoms with Gasteiger partial charge in [-0.05, 0) is 39.3 Å². The van der Waals surface area contributed by atoms with Crippen LogP contribution in [0.4, 0.5) is 4.79 Å². The largest absolute Gasteiger partial charge is 0.442 e. The molecule has 0 bridgehead atoms. The van der Waals surface area contributed by atoms with Crippen LogP contribution < -0.4 is 10.7 Å². The summed E-state index contributed by atoms with van der Waals surface area (Å²) in [5.74, 6) is -0.165. The maximum absolute atomic E-state index is 12.0. The van der Waals surface area contributed by atoms with Crippen molar-refractivity contribution in [3.8, 4) is 0 Å². The van der Waals surface area contributed by atoms with E-state index in [0.29, 0.717) is 13.0 Å². The first-order valence-corrected chi connectivity index (χ1v) is 6.11. The minimum Gasteiger partial charge on any atom is -0.442 e. The number of hydrogen-bond acceptors (Lipinski definition) is 4. The fraction of sp³-hybridized carbons (Fsp3) is 0.667. The SMILES string of the molecule is CC(C)(C)OC(=O)N1NC(=O)CC2=C1CNCC2. The zero-order valence-corrected chi connectivity index (χ0v) is 11.0. The first kappa shape index (κ1) is 12.9. The Kier molecular flexibility index (Phi) is 3.30. The van der Waals surface area contributed by atoms with Gasteiger partial charge in [0, 0.05) is 6.54 Å². The number of carbonyl (C=O) groups excluding carboxylic acids is 2. The molecule has 0 saturated carbocycles. The van der Waals surface area contributed by atoms with Crippen LogP contribution in [0.25, 0.3) is 0 Å². The second-order valence-corrected chi connectivity index (χ2v) is 5.50. The van der Waals surface area contributed by atoms with E-state index < -0.39 is 11.7 Å². The third-order valence-corrected chi connectivity index (χ3v) is 2.76. The summed E-state index contributed by atoms with van der Waals surface area (Å²) in [5, 5.41) is 4.42. The van der Waals surface area contributed by atoms with E-state index in [9.17, 15) is 9.59 Å². The Morgan fingerprint density at radius 3 is 2.78 bits per heavy atom. The smallest absolute Gasteiger partial charge is 0.433 e. The maximum Gasteiger partial charge on any atom is 0.433 e. The molecule has 0 aromatic heterocycles. The molecule has 2 aliphatic heterocycles. The summed E-state index contributed by atoms with van der Waals surface area (Å²) >= 11 is 0. The summed E-state index contributed by atoms with van der Waals surface area (Å²) in [4.78, 5) is 23.6. The number of amides is 2. The van der Waals surface area contributed by atoms with E-state index >= 15 is 0 Å². The Hall–Kier alpha value is -1.56. The van der Waals surface area contributed by atoms with Gasteiger partial charge in [0.15, 0.2) is 0 Å². The third kappa shape index (κ3) is 2.81. The molecule has 0 saturated heterocycles. The minimum atomic E-state index is -0.581. The maximum atomic E-state index is 12.0. The molecule has 0 unspecified atom stereocenters. The number of nitrogens with one attached hydrogen (secondary N) is 2. The van der Waals surface area contributed by atoms with Gasteiger partial charge in [0.1, 0.15) is 5.60 Å². The minimum absolute atomic E-state index is 0.165. The van der Waals surface area contributed by atoms with Gasteiger partial charge in [0.2, 0.25) is 5.91 Å². The van der Waals surface area contributed by atoms with Crippen molar-refractivity contribution in [1.29, 1.82) is 0 Å². The molecule has 6 heteroatoms. The van der Waals surface area contributed by atoms with Crippen molar-refractivity contribution in [2.45, 2.75) is 39.2 Å². The summed E-state index contributed by atoms with van der Waals surface area (Å²) in [7, 11) is 0. The molecule has 0 aliphatic carbocycles. The van der Waals surface area contributed by atoms with Crippen LogP contribution >= 0.6 is 0 Å². The monoisotopic (exact) mass is 253 g/mol. The molecule has 18 heavy (non-hydrogen) atoms. The van der Waals surface area contributed by atoms with E-state index in [0.717, 1.165) is 24.2 Å². The Morgan fingerprint density at radius 2 is 2.11 bits per heavy atom. The van der Waals surface area contributed by atoms with Crippen LogP contribution in [0.5, 0.6) is 0 Å². The van der Waals surface area contributed by atoms with E-state index in [2.05, 4.69) is 10.7 Å². The fourth-order valence-electron chi connectivity index (χ4n) is 2.03. The molecule has 0 radical (unpaired) electrons. The highest BCUT2D eigenvalue weighted by molar-refractivity contribution is 5.84. The highest BCUT2D eigenvalue weighted by atomic mass is 16.6. The van der Waals surface area contributed by atoms with E-state index in [1.54, 1.807) is 20.8 Å². The van der Waals surface area contributed by atoms with Gasteiger partial charge in [0.05, 0.1) is 12.1 Å². The van der Waals surface area contributed by atoms with Crippen LogP contribution in [-0.4, -0.2) is 35.7 Å². The van der Waals surface area contributed by atoms with E-state index in [1.807, 2.05) is 0 Å². The zero-order valence-electron chi connectivity index (χ0n) is 11.0. The number of nitrogens with zero attached hydrogens (tertiary/aromatic N) is 1. The van der Waals surface area contributed by atoms with Gasteiger partial charge in [-0.15, -0.1) is 0 Å². The normalized spacial score (nSPS) is 20.4. The Morgan fingerprint density at radius 1 is 1.39 bits per heavy atom. The average Bonchev–Trinajstić information content (AvgIpc) is 2.25. The van der Waals surface area contributed by atoms with Crippen LogP contribution in [0, 0.1) is 0 Å². The third-order valence-electron chi connectivity index (χ3n) is 2.76. The second kappa shape index (κ2) is 4.61. The highest BCUT2D eigenvalue weighted by Gasteiger charge is 2.33. The van der Waals surface area contributed by atoms with E-state index in [4.69, 9.17) is 4.74 Å². The summed E-state index contributed by atoms with van der Waals surface area (Å²) in [6, 6.07) is 0. The second-order valence-electron chi connectivity index (χ2n) is 5.50.